The quantitative estimate of drug-likeness (QED) is 0.271. The van der Waals surface area contributed by atoms with Gasteiger partial charge in [0.1, 0.15) is 0 Å². The van der Waals surface area contributed by atoms with Crippen LogP contribution in [0.15, 0.2) is 133 Å². The van der Waals surface area contributed by atoms with Crippen LogP contribution in [0.3, 0.4) is 0 Å². The first-order valence-electron chi connectivity index (χ1n) is 11.4. The molecule has 6 aromatic rings. The predicted molar refractivity (Wildman–Crippen MR) is 147 cm³/mol. The van der Waals surface area contributed by atoms with Crippen molar-refractivity contribution in [2.24, 2.45) is 0 Å². The second-order valence-electron chi connectivity index (χ2n) is 8.46. The largest absolute Gasteiger partial charge is 0.364 e. The predicted octanol–water partition coefficient (Wildman–Crippen LogP) is 7.67. The van der Waals surface area contributed by atoms with Crippen molar-refractivity contribution in [3.8, 4) is 22.3 Å². The molecule has 0 spiro atoms. The molecule has 0 saturated carbocycles. The van der Waals surface area contributed by atoms with Crippen molar-refractivity contribution in [1.82, 2.24) is 0 Å². The molecule has 1 nitrogen and oxygen atoms in total. The summed E-state index contributed by atoms with van der Waals surface area (Å²) >= 11 is 0. The molecule has 0 saturated heterocycles. The molecular weight excluding hydrogens is 431 g/mol. The Morgan fingerprint density at radius 1 is 0.382 bits per heavy atom. The van der Waals surface area contributed by atoms with Crippen LogP contribution in [0.4, 0.5) is 0 Å². The van der Waals surface area contributed by atoms with Crippen molar-refractivity contribution >= 4 is 40.3 Å². The van der Waals surface area contributed by atoms with E-state index in [-0.39, 0.29) is 0 Å². The maximum atomic E-state index is 11.1. The standard InChI is InChI=1S/C32H23OP/c33-34(27-19-15-25(16-20-27)31-13-5-9-23-7-1-3-11-29(23)31)28-21-17-26(18-22-28)32-14-6-10-24-8-2-4-12-30(24)32/h1-22,33H. The lowest BCUT2D eigenvalue weighted by Gasteiger charge is -2.14. The molecule has 2 heteroatoms. The molecule has 0 aliphatic heterocycles. The van der Waals surface area contributed by atoms with Gasteiger partial charge in [0, 0.05) is 10.6 Å². The smallest absolute Gasteiger partial charge is 0.0877 e. The van der Waals surface area contributed by atoms with Gasteiger partial charge in [0.05, 0.1) is 8.15 Å². The normalized spacial score (nSPS) is 11.4. The summed E-state index contributed by atoms with van der Waals surface area (Å²) in [6.07, 6.45) is 0. The first-order chi connectivity index (χ1) is 16.8. The topological polar surface area (TPSA) is 20.2 Å². The molecule has 0 aromatic heterocycles. The third-order valence-corrected chi connectivity index (χ3v) is 8.00. The maximum Gasteiger partial charge on any atom is 0.0877 e. The number of fused-ring (bicyclic) bond motifs is 2. The molecule has 0 fully saturated rings. The highest BCUT2D eigenvalue weighted by atomic mass is 31.1. The van der Waals surface area contributed by atoms with E-state index in [1.165, 1.54) is 32.7 Å². The molecule has 162 valence electrons. The Kier molecular flexibility index (Phi) is 5.43. The average molecular weight is 455 g/mol. The van der Waals surface area contributed by atoms with E-state index in [4.69, 9.17) is 0 Å². The first-order valence-corrected chi connectivity index (χ1v) is 12.7. The summed E-state index contributed by atoms with van der Waals surface area (Å²) in [4.78, 5) is 11.1. The number of hydrogen-bond donors (Lipinski definition) is 1. The molecule has 0 radical (unpaired) electrons. The Labute approximate surface area is 200 Å². The highest BCUT2D eigenvalue weighted by Gasteiger charge is 2.13. The minimum absolute atomic E-state index is 0.955. The monoisotopic (exact) mass is 454 g/mol. The Balaban J connectivity index is 1.28. The fraction of sp³-hybridized carbons (Fsp3) is 0. The molecule has 34 heavy (non-hydrogen) atoms. The van der Waals surface area contributed by atoms with Crippen molar-refractivity contribution in [2.75, 3.05) is 0 Å². The van der Waals surface area contributed by atoms with Crippen LogP contribution in [-0.2, 0) is 0 Å². The molecule has 0 amide bonds. The third-order valence-electron chi connectivity index (χ3n) is 6.43. The van der Waals surface area contributed by atoms with E-state index >= 15 is 0 Å². The van der Waals surface area contributed by atoms with E-state index < -0.39 is 8.15 Å². The van der Waals surface area contributed by atoms with E-state index in [9.17, 15) is 4.89 Å². The van der Waals surface area contributed by atoms with Gasteiger partial charge in [-0.05, 0) is 43.8 Å². The van der Waals surface area contributed by atoms with E-state index in [0.717, 1.165) is 21.7 Å². The van der Waals surface area contributed by atoms with Gasteiger partial charge in [-0.1, -0.05) is 133 Å². The van der Waals surface area contributed by atoms with Crippen LogP contribution in [0.5, 0.6) is 0 Å². The summed E-state index contributed by atoms with van der Waals surface area (Å²) in [5.41, 5.74) is 4.75. The maximum absolute atomic E-state index is 11.1. The number of hydrogen-bond acceptors (Lipinski definition) is 1. The van der Waals surface area contributed by atoms with E-state index in [1.807, 2.05) is 0 Å². The SMILES string of the molecule is OP(c1ccc(-c2cccc3ccccc23)cc1)c1ccc(-c2cccc3ccccc23)cc1. The lowest BCUT2D eigenvalue weighted by atomic mass is 9.98. The van der Waals surface area contributed by atoms with Crippen LogP contribution in [-0.4, -0.2) is 4.89 Å². The fourth-order valence-corrected chi connectivity index (χ4v) is 5.83. The summed E-state index contributed by atoms with van der Waals surface area (Å²) in [5.74, 6) is 0. The van der Waals surface area contributed by atoms with E-state index in [1.54, 1.807) is 0 Å². The second-order valence-corrected chi connectivity index (χ2v) is 10.1. The highest BCUT2D eigenvalue weighted by molar-refractivity contribution is 7.67. The summed E-state index contributed by atoms with van der Waals surface area (Å²) in [7, 11) is -1.40. The van der Waals surface area contributed by atoms with Crippen molar-refractivity contribution in [3.05, 3.63) is 133 Å². The summed E-state index contributed by atoms with van der Waals surface area (Å²) in [6, 6.07) is 46.4. The highest BCUT2D eigenvalue weighted by Crippen LogP contribution is 2.33. The number of rotatable bonds is 4. The van der Waals surface area contributed by atoms with Crippen molar-refractivity contribution in [2.45, 2.75) is 0 Å². The Bertz CT molecular complexity index is 1470. The van der Waals surface area contributed by atoms with Crippen molar-refractivity contribution in [3.63, 3.8) is 0 Å². The van der Waals surface area contributed by atoms with Crippen LogP contribution < -0.4 is 10.6 Å². The zero-order valence-corrected chi connectivity index (χ0v) is 19.5. The van der Waals surface area contributed by atoms with Crippen LogP contribution in [0.2, 0.25) is 0 Å². The lowest BCUT2D eigenvalue weighted by Crippen LogP contribution is -2.10. The molecule has 6 rings (SSSR count). The zero-order valence-electron chi connectivity index (χ0n) is 18.6. The van der Waals surface area contributed by atoms with Crippen LogP contribution in [0.1, 0.15) is 0 Å². The van der Waals surface area contributed by atoms with Crippen LogP contribution in [0, 0.1) is 0 Å². The van der Waals surface area contributed by atoms with Gasteiger partial charge in [-0.2, -0.15) is 0 Å². The molecule has 0 aliphatic rings. The summed E-state index contributed by atoms with van der Waals surface area (Å²) in [6.45, 7) is 0. The van der Waals surface area contributed by atoms with Gasteiger partial charge in [-0.15, -0.1) is 0 Å². The molecule has 6 aromatic carbocycles. The molecule has 1 N–H and O–H groups in total. The molecule has 0 heterocycles. The van der Waals surface area contributed by atoms with Gasteiger partial charge < -0.3 is 4.89 Å². The van der Waals surface area contributed by atoms with Gasteiger partial charge in [-0.25, -0.2) is 0 Å². The van der Waals surface area contributed by atoms with Gasteiger partial charge in [0.2, 0.25) is 0 Å². The molecule has 0 aliphatic carbocycles. The average Bonchev–Trinajstić information content (AvgIpc) is 2.92. The zero-order chi connectivity index (χ0) is 22.9. The van der Waals surface area contributed by atoms with Gasteiger partial charge in [-0.3, -0.25) is 0 Å². The third kappa shape index (κ3) is 3.80. The van der Waals surface area contributed by atoms with E-state index in [2.05, 4.69) is 133 Å². The van der Waals surface area contributed by atoms with Gasteiger partial charge in [0.25, 0.3) is 0 Å². The lowest BCUT2D eigenvalue weighted by molar-refractivity contribution is 0.644. The fourth-order valence-electron chi connectivity index (χ4n) is 4.67. The van der Waals surface area contributed by atoms with Crippen molar-refractivity contribution < 1.29 is 4.89 Å². The molecule has 0 atom stereocenters. The minimum Gasteiger partial charge on any atom is -0.364 e. The van der Waals surface area contributed by atoms with Crippen LogP contribution >= 0.6 is 8.15 Å². The van der Waals surface area contributed by atoms with Gasteiger partial charge >= 0.3 is 0 Å². The summed E-state index contributed by atoms with van der Waals surface area (Å²) < 4.78 is 0. The Hall–Kier alpha value is -3.77. The molecule has 0 bridgehead atoms. The van der Waals surface area contributed by atoms with Gasteiger partial charge in [0.15, 0.2) is 0 Å². The van der Waals surface area contributed by atoms with Crippen LogP contribution in [0.25, 0.3) is 43.8 Å². The van der Waals surface area contributed by atoms with E-state index in [0.29, 0.717) is 0 Å². The Morgan fingerprint density at radius 3 is 1.21 bits per heavy atom. The molecule has 0 unspecified atom stereocenters. The number of benzene rings is 6. The second kappa shape index (κ2) is 8.88. The van der Waals surface area contributed by atoms with Crippen molar-refractivity contribution in [1.29, 1.82) is 0 Å². The minimum atomic E-state index is -1.40. The Morgan fingerprint density at radius 2 is 0.765 bits per heavy atom. The molecular formula is C32H23OP. The summed E-state index contributed by atoms with van der Waals surface area (Å²) in [5, 5.41) is 6.87. The first kappa shape index (κ1) is 20.8.